The molecule has 0 aliphatic carbocycles. The summed E-state index contributed by atoms with van der Waals surface area (Å²) in [4.78, 5) is 17.6. The summed E-state index contributed by atoms with van der Waals surface area (Å²) in [6, 6.07) is 3.71. The maximum atomic E-state index is 11.9. The normalized spacial score (nSPS) is 20.1. The van der Waals surface area contributed by atoms with E-state index in [1.54, 1.807) is 29.4 Å². The first-order valence-corrected chi connectivity index (χ1v) is 5.81. The molecule has 4 nitrogen and oxygen atoms in total. The second kappa shape index (κ2) is 5.59. The van der Waals surface area contributed by atoms with Crippen LogP contribution >= 0.6 is 0 Å². The Morgan fingerprint density at radius 1 is 1.65 bits per heavy atom. The zero-order chi connectivity index (χ0) is 12.1. The molecule has 17 heavy (non-hydrogen) atoms. The molecular formula is C13H16N2O2. The van der Waals surface area contributed by atoms with Crippen molar-refractivity contribution in [2.45, 2.75) is 18.9 Å². The van der Waals surface area contributed by atoms with Gasteiger partial charge >= 0.3 is 0 Å². The molecule has 1 N–H and O–H groups in total. The van der Waals surface area contributed by atoms with Gasteiger partial charge in [-0.15, -0.1) is 0 Å². The van der Waals surface area contributed by atoms with Gasteiger partial charge in [0.1, 0.15) is 0 Å². The minimum absolute atomic E-state index is 0.0129. The predicted molar refractivity (Wildman–Crippen MR) is 65.1 cm³/mol. The van der Waals surface area contributed by atoms with Crippen LogP contribution in [0.4, 0.5) is 0 Å². The summed E-state index contributed by atoms with van der Waals surface area (Å²) in [7, 11) is 0. The lowest BCUT2D eigenvalue weighted by molar-refractivity contribution is -0.127. The van der Waals surface area contributed by atoms with Crippen LogP contribution in [0.3, 0.4) is 0 Å². The van der Waals surface area contributed by atoms with Crippen LogP contribution in [0.5, 0.6) is 0 Å². The van der Waals surface area contributed by atoms with E-state index >= 15 is 0 Å². The van der Waals surface area contributed by atoms with Gasteiger partial charge in [-0.3, -0.25) is 9.78 Å². The van der Waals surface area contributed by atoms with E-state index in [0.29, 0.717) is 0 Å². The third-order valence-electron chi connectivity index (χ3n) is 2.97. The van der Waals surface area contributed by atoms with Crippen LogP contribution in [0, 0.1) is 0 Å². The SMILES string of the molecule is O=C(C=Cc1cccnc1)N1CCCC1CO. The number of rotatable bonds is 3. The maximum absolute atomic E-state index is 11.9. The lowest BCUT2D eigenvalue weighted by atomic mass is 10.2. The van der Waals surface area contributed by atoms with Crippen molar-refractivity contribution in [3.63, 3.8) is 0 Å². The minimum atomic E-state index is -0.0367. The number of carbonyl (C=O) groups excluding carboxylic acids is 1. The first-order valence-electron chi connectivity index (χ1n) is 5.81. The van der Waals surface area contributed by atoms with Crippen LogP contribution in [0.25, 0.3) is 6.08 Å². The summed E-state index contributed by atoms with van der Waals surface area (Å²) >= 11 is 0. The fourth-order valence-electron chi connectivity index (χ4n) is 2.05. The maximum Gasteiger partial charge on any atom is 0.246 e. The Morgan fingerprint density at radius 2 is 2.53 bits per heavy atom. The molecule has 1 atom stereocenters. The molecule has 0 aromatic carbocycles. The summed E-state index contributed by atoms with van der Waals surface area (Å²) < 4.78 is 0. The van der Waals surface area contributed by atoms with Gasteiger partial charge in [0.05, 0.1) is 12.6 Å². The molecule has 2 rings (SSSR count). The van der Waals surface area contributed by atoms with E-state index in [0.717, 1.165) is 24.9 Å². The van der Waals surface area contributed by atoms with E-state index in [1.807, 2.05) is 12.1 Å². The van der Waals surface area contributed by atoms with Crippen molar-refractivity contribution >= 4 is 12.0 Å². The number of hydrogen-bond donors (Lipinski definition) is 1. The molecule has 0 radical (unpaired) electrons. The number of nitrogens with zero attached hydrogens (tertiary/aromatic N) is 2. The van der Waals surface area contributed by atoms with Crippen molar-refractivity contribution in [2.75, 3.05) is 13.2 Å². The third-order valence-corrected chi connectivity index (χ3v) is 2.97. The Labute approximate surface area is 101 Å². The van der Waals surface area contributed by atoms with Crippen molar-refractivity contribution in [1.29, 1.82) is 0 Å². The molecule has 90 valence electrons. The second-order valence-electron chi connectivity index (χ2n) is 4.13. The highest BCUT2D eigenvalue weighted by molar-refractivity contribution is 5.92. The van der Waals surface area contributed by atoms with Gasteiger partial charge in [0.15, 0.2) is 0 Å². The Morgan fingerprint density at radius 3 is 3.24 bits per heavy atom. The van der Waals surface area contributed by atoms with Crippen LogP contribution < -0.4 is 0 Å². The number of aliphatic hydroxyl groups is 1. The standard InChI is InChI=1S/C13H16N2O2/c16-10-12-4-2-8-15(12)13(17)6-5-11-3-1-7-14-9-11/h1,3,5-7,9,12,16H,2,4,8,10H2. The summed E-state index contributed by atoms with van der Waals surface area (Å²) in [6.07, 6.45) is 8.56. The fraction of sp³-hybridized carbons (Fsp3) is 0.385. The highest BCUT2D eigenvalue weighted by Crippen LogP contribution is 2.17. The van der Waals surface area contributed by atoms with E-state index in [9.17, 15) is 4.79 Å². The number of amides is 1. The summed E-state index contributed by atoms with van der Waals surface area (Å²) in [6.45, 7) is 0.786. The lowest BCUT2D eigenvalue weighted by Crippen LogP contribution is -2.36. The monoisotopic (exact) mass is 232 g/mol. The lowest BCUT2D eigenvalue weighted by Gasteiger charge is -2.21. The van der Waals surface area contributed by atoms with Gasteiger partial charge in [-0.25, -0.2) is 0 Å². The van der Waals surface area contributed by atoms with Crippen molar-refractivity contribution in [3.8, 4) is 0 Å². The van der Waals surface area contributed by atoms with Crippen LogP contribution in [-0.2, 0) is 4.79 Å². The number of hydrogen-bond acceptors (Lipinski definition) is 3. The van der Waals surface area contributed by atoms with Gasteiger partial charge < -0.3 is 10.0 Å². The molecule has 0 saturated carbocycles. The van der Waals surface area contributed by atoms with Crippen molar-refractivity contribution < 1.29 is 9.90 Å². The first kappa shape index (κ1) is 11.8. The Hall–Kier alpha value is -1.68. The smallest absolute Gasteiger partial charge is 0.246 e. The van der Waals surface area contributed by atoms with Crippen LogP contribution in [-0.4, -0.2) is 40.1 Å². The molecule has 1 amide bonds. The quantitative estimate of drug-likeness (QED) is 0.793. The van der Waals surface area contributed by atoms with Crippen LogP contribution in [0.15, 0.2) is 30.6 Å². The van der Waals surface area contributed by atoms with Crippen molar-refractivity contribution in [3.05, 3.63) is 36.2 Å². The van der Waals surface area contributed by atoms with Crippen molar-refractivity contribution in [2.24, 2.45) is 0 Å². The molecule has 1 aromatic rings. The third kappa shape index (κ3) is 2.91. The van der Waals surface area contributed by atoms with E-state index in [1.165, 1.54) is 0 Å². The molecular weight excluding hydrogens is 216 g/mol. The van der Waals surface area contributed by atoms with E-state index in [2.05, 4.69) is 4.98 Å². The Balaban J connectivity index is 1.99. The minimum Gasteiger partial charge on any atom is -0.394 e. The van der Waals surface area contributed by atoms with E-state index in [-0.39, 0.29) is 18.6 Å². The highest BCUT2D eigenvalue weighted by atomic mass is 16.3. The van der Waals surface area contributed by atoms with E-state index < -0.39 is 0 Å². The molecule has 1 aromatic heterocycles. The number of likely N-dealkylation sites (tertiary alicyclic amines) is 1. The molecule has 0 bridgehead atoms. The average molecular weight is 232 g/mol. The molecule has 2 heterocycles. The summed E-state index contributed by atoms with van der Waals surface area (Å²) in [5.41, 5.74) is 0.903. The molecule has 1 aliphatic heterocycles. The number of pyridine rings is 1. The predicted octanol–water partition coefficient (Wildman–Crippen LogP) is 1.08. The zero-order valence-electron chi connectivity index (χ0n) is 9.62. The highest BCUT2D eigenvalue weighted by Gasteiger charge is 2.26. The van der Waals surface area contributed by atoms with Crippen molar-refractivity contribution in [1.82, 2.24) is 9.88 Å². The van der Waals surface area contributed by atoms with E-state index in [4.69, 9.17) is 5.11 Å². The second-order valence-corrected chi connectivity index (χ2v) is 4.13. The van der Waals surface area contributed by atoms with Gasteiger partial charge in [0, 0.05) is 25.0 Å². The van der Waals surface area contributed by atoms with Gasteiger partial charge in [-0.05, 0) is 30.5 Å². The Bertz CT molecular complexity index is 403. The van der Waals surface area contributed by atoms with Gasteiger partial charge in [-0.2, -0.15) is 0 Å². The topological polar surface area (TPSA) is 53.4 Å². The van der Waals surface area contributed by atoms with Gasteiger partial charge in [-0.1, -0.05) is 6.07 Å². The first-order chi connectivity index (χ1) is 8.31. The molecule has 1 saturated heterocycles. The van der Waals surface area contributed by atoms with Crippen LogP contribution in [0.1, 0.15) is 18.4 Å². The number of aromatic nitrogens is 1. The average Bonchev–Trinajstić information content (AvgIpc) is 2.85. The van der Waals surface area contributed by atoms with Crippen LogP contribution in [0.2, 0.25) is 0 Å². The Kier molecular flexibility index (Phi) is 3.88. The molecule has 0 spiro atoms. The number of carbonyl (C=O) groups is 1. The summed E-state index contributed by atoms with van der Waals surface area (Å²) in [5.74, 6) is -0.0367. The summed E-state index contributed by atoms with van der Waals surface area (Å²) in [5, 5.41) is 9.14. The van der Waals surface area contributed by atoms with Gasteiger partial charge in [0.25, 0.3) is 0 Å². The van der Waals surface area contributed by atoms with Gasteiger partial charge in [0.2, 0.25) is 5.91 Å². The zero-order valence-corrected chi connectivity index (χ0v) is 9.62. The molecule has 1 unspecified atom stereocenters. The largest absolute Gasteiger partial charge is 0.394 e. The molecule has 1 fully saturated rings. The molecule has 1 aliphatic rings. The number of aliphatic hydroxyl groups excluding tert-OH is 1. The fourth-order valence-corrected chi connectivity index (χ4v) is 2.05. The molecule has 4 heteroatoms.